The third kappa shape index (κ3) is 1.56. The molecular weight excluding hydrogens is 182 g/mol. The molecule has 0 bridgehead atoms. The molecule has 0 N–H and O–H groups in total. The van der Waals surface area contributed by atoms with E-state index in [-0.39, 0.29) is 0 Å². The molecule has 14 heavy (non-hydrogen) atoms. The highest BCUT2D eigenvalue weighted by Gasteiger charge is 2.07. The fourth-order valence-electron chi connectivity index (χ4n) is 1.06. The molecule has 2 rings (SSSR count). The Morgan fingerprint density at radius 2 is 2.29 bits per heavy atom. The molecule has 0 saturated heterocycles. The lowest BCUT2D eigenvalue weighted by Crippen LogP contribution is -1.88. The van der Waals surface area contributed by atoms with Crippen molar-refractivity contribution in [1.29, 1.82) is 0 Å². The Morgan fingerprint density at radius 3 is 2.93 bits per heavy atom. The van der Waals surface area contributed by atoms with Crippen molar-refractivity contribution in [2.24, 2.45) is 0 Å². The van der Waals surface area contributed by atoms with Gasteiger partial charge in [-0.2, -0.15) is 4.98 Å². The minimum Gasteiger partial charge on any atom is -0.497 e. The molecule has 0 radical (unpaired) electrons. The molecule has 2 heterocycles. The molecule has 0 amide bonds. The SMILES string of the molecule is COc1ccnc(-c2noc(C)n2)c1. The zero-order chi connectivity index (χ0) is 9.97. The number of pyridine rings is 1. The van der Waals surface area contributed by atoms with Gasteiger partial charge in [-0.1, -0.05) is 5.16 Å². The van der Waals surface area contributed by atoms with Gasteiger partial charge in [0, 0.05) is 19.2 Å². The molecule has 2 aromatic heterocycles. The number of methoxy groups -OCH3 is 1. The molecule has 0 aromatic carbocycles. The second-order valence-corrected chi connectivity index (χ2v) is 2.72. The summed E-state index contributed by atoms with van der Waals surface area (Å²) in [7, 11) is 1.60. The molecule has 0 unspecified atom stereocenters. The quantitative estimate of drug-likeness (QED) is 0.718. The molecule has 0 aliphatic heterocycles. The average Bonchev–Trinajstić information content (AvgIpc) is 2.65. The predicted octanol–water partition coefficient (Wildman–Crippen LogP) is 1.45. The molecule has 0 saturated carbocycles. The molecule has 0 spiro atoms. The summed E-state index contributed by atoms with van der Waals surface area (Å²) in [5, 5.41) is 3.76. The van der Waals surface area contributed by atoms with E-state index in [2.05, 4.69) is 15.1 Å². The standard InChI is InChI=1S/C9H9N3O2/c1-6-11-9(12-14-6)8-5-7(13-2)3-4-10-8/h3-5H,1-2H3. The van der Waals surface area contributed by atoms with Gasteiger partial charge in [-0.25, -0.2) is 0 Å². The van der Waals surface area contributed by atoms with Crippen molar-refractivity contribution in [1.82, 2.24) is 15.1 Å². The van der Waals surface area contributed by atoms with E-state index >= 15 is 0 Å². The van der Waals surface area contributed by atoms with Crippen molar-refractivity contribution in [3.05, 3.63) is 24.2 Å². The van der Waals surface area contributed by atoms with Gasteiger partial charge in [-0.05, 0) is 6.07 Å². The summed E-state index contributed by atoms with van der Waals surface area (Å²) in [5.41, 5.74) is 0.640. The van der Waals surface area contributed by atoms with Crippen LogP contribution in [0.3, 0.4) is 0 Å². The number of nitrogens with zero attached hydrogens (tertiary/aromatic N) is 3. The topological polar surface area (TPSA) is 61.0 Å². The normalized spacial score (nSPS) is 10.1. The maximum Gasteiger partial charge on any atom is 0.223 e. The first-order valence-corrected chi connectivity index (χ1v) is 4.10. The molecule has 0 aliphatic rings. The Balaban J connectivity index is 2.41. The summed E-state index contributed by atoms with van der Waals surface area (Å²) in [6.07, 6.45) is 1.64. The molecule has 2 aromatic rings. The van der Waals surface area contributed by atoms with Crippen molar-refractivity contribution >= 4 is 0 Å². The second-order valence-electron chi connectivity index (χ2n) is 2.72. The van der Waals surface area contributed by atoms with E-state index in [1.54, 1.807) is 32.4 Å². The largest absolute Gasteiger partial charge is 0.497 e. The monoisotopic (exact) mass is 191 g/mol. The first-order chi connectivity index (χ1) is 6.79. The number of aromatic nitrogens is 3. The molecule has 0 atom stereocenters. The van der Waals surface area contributed by atoms with Crippen molar-refractivity contribution in [2.45, 2.75) is 6.92 Å². The molecule has 0 aliphatic carbocycles. The second kappa shape index (κ2) is 3.45. The van der Waals surface area contributed by atoms with Gasteiger partial charge in [0.2, 0.25) is 11.7 Å². The summed E-state index contributed by atoms with van der Waals surface area (Å²) in [6, 6.07) is 3.51. The fraction of sp³-hybridized carbons (Fsp3) is 0.222. The Bertz CT molecular complexity index is 439. The lowest BCUT2D eigenvalue weighted by Gasteiger charge is -1.98. The summed E-state index contributed by atoms with van der Waals surface area (Å²) < 4.78 is 9.91. The van der Waals surface area contributed by atoms with E-state index in [1.807, 2.05) is 0 Å². The van der Waals surface area contributed by atoms with Crippen molar-refractivity contribution in [3.8, 4) is 17.3 Å². The van der Waals surface area contributed by atoms with E-state index in [1.165, 1.54) is 0 Å². The predicted molar refractivity (Wildman–Crippen MR) is 48.8 cm³/mol. The van der Waals surface area contributed by atoms with Crippen molar-refractivity contribution in [3.63, 3.8) is 0 Å². The third-order valence-corrected chi connectivity index (χ3v) is 1.72. The Labute approximate surface area is 80.7 Å². The van der Waals surface area contributed by atoms with Crippen LogP contribution in [0.5, 0.6) is 5.75 Å². The molecule has 0 fully saturated rings. The number of hydrogen-bond donors (Lipinski definition) is 0. The van der Waals surface area contributed by atoms with Gasteiger partial charge < -0.3 is 9.26 Å². The smallest absolute Gasteiger partial charge is 0.223 e. The van der Waals surface area contributed by atoms with Crippen LogP contribution in [0, 0.1) is 6.92 Å². The van der Waals surface area contributed by atoms with Gasteiger partial charge in [0.05, 0.1) is 7.11 Å². The molecular formula is C9H9N3O2. The van der Waals surface area contributed by atoms with Crippen LogP contribution in [0.2, 0.25) is 0 Å². The first kappa shape index (κ1) is 8.68. The third-order valence-electron chi connectivity index (χ3n) is 1.72. The van der Waals surface area contributed by atoms with Crippen LogP contribution in [0.25, 0.3) is 11.5 Å². The number of aryl methyl sites for hydroxylation is 1. The summed E-state index contributed by atoms with van der Waals surface area (Å²) in [5.74, 6) is 1.71. The molecule has 5 nitrogen and oxygen atoms in total. The number of rotatable bonds is 2. The Kier molecular flexibility index (Phi) is 2.14. The highest BCUT2D eigenvalue weighted by atomic mass is 16.5. The fourth-order valence-corrected chi connectivity index (χ4v) is 1.06. The minimum absolute atomic E-state index is 0.474. The van der Waals surface area contributed by atoms with Crippen LogP contribution in [0.1, 0.15) is 5.89 Å². The van der Waals surface area contributed by atoms with Gasteiger partial charge >= 0.3 is 0 Å². The lowest BCUT2D eigenvalue weighted by molar-refractivity contribution is 0.394. The number of ether oxygens (including phenoxy) is 1. The van der Waals surface area contributed by atoms with Gasteiger partial charge in [0.15, 0.2) is 0 Å². The lowest BCUT2D eigenvalue weighted by atomic mass is 10.3. The molecule has 5 heteroatoms. The maximum absolute atomic E-state index is 5.06. The van der Waals surface area contributed by atoms with E-state index in [0.29, 0.717) is 17.4 Å². The average molecular weight is 191 g/mol. The van der Waals surface area contributed by atoms with E-state index in [9.17, 15) is 0 Å². The first-order valence-electron chi connectivity index (χ1n) is 4.10. The highest BCUT2D eigenvalue weighted by molar-refractivity contribution is 5.50. The summed E-state index contributed by atoms with van der Waals surface area (Å²) in [6.45, 7) is 1.73. The van der Waals surface area contributed by atoms with Gasteiger partial charge in [0.25, 0.3) is 0 Å². The van der Waals surface area contributed by atoms with Gasteiger partial charge in [-0.3, -0.25) is 4.98 Å². The Hall–Kier alpha value is -1.91. The van der Waals surface area contributed by atoms with Gasteiger partial charge in [0.1, 0.15) is 11.4 Å². The number of hydrogen-bond acceptors (Lipinski definition) is 5. The van der Waals surface area contributed by atoms with Crippen LogP contribution >= 0.6 is 0 Å². The summed E-state index contributed by atoms with van der Waals surface area (Å²) in [4.78, 5) is 8.17. The molecule has 72 valence electrons. The van der Waals surface area contributed by atoms with E-state index in [0.717, 1.165) is 5.75 Å². The Morgan fingerprint density at radius 1 is 1.43 bits per heavy atom. The minimum atomic E-state index is 0.474. The van der Waals surface area contributed by atoms with E-state index in [4.69, 9.17) is 9.26 Å². The summed E-state index contributed by atoms with van der Waals surface area (Å²) >= 11 is 0. The van der Waals surface area contributed by atoms with Crippen LogP contribution in [0.15, 0.2) is 22.9 Å². The van der Waals surface area contributed by atoms with Crippen LogP contribution in [-0.2, 0) is 0 Å². The zero-order valence-electron chi connectivity index (χ0n) is 7.89. The van der Waals surface area contributed by atoms with Crippen LogP contribution in [0.4, 0.5) is 0 Å². The highest BCUT2D eigenvalue weighted by Crippen LogP contribution is 2.17. The zero-order valence-corrected chi connectivity index (χ0v) is 7.89. The van der Waals surface area contributed by atoms with Crippen LogP contribution in [-0.4, -0.2) is 22.2 Å². The van der Waals surface area contributed by atoms with E-state index < -0.39 is 0 Å². The van der Waals surface area contributed by atoms with Crippen LogP contribution < -0.4 is 4.74 Å². The van der Waals surface area contributed by atoms with Crippen molar-refractivity contribution in [2.75, 3.05) is 7.11 Å². The maximum atomic E-state index is 5.06. The van der Waals surface area contributed by atoms with Crippen molar-refractivity contribution < 1.29 is 9.26 Å². The van der Waals surface area contributed by atoms with Gasteiger partial charge in [-0.15, -0.1) is 0 Å².